The fraction of sp³-hybridized carbons (Fsp3) is 0.161. The zero-order chi connectivity index (χ0) is 28.9. The number of carboxylic acid groups (broad SMARTS) is 2. The minimum atomic E-state index is -1.26. The van der Waals surface area contributed by atoms with Crippen LogP contribution in [0.25, 0.3) is 37.1 Å². The van der Waals surface area contributed by atoms with Gasteiger partial charge >= 0.3 is 11.9 Å². The lowest BCUT2D eigenvalue weighted by atomic mass is 10.1. The molecular formula is C31H26ClN3O5S. The number of nitrogens with zero attached hydrogens (tertiary/aromatic N) is 3. The number of hydrogen-bond donors (Lipinski definition) is 2. The molecule has 1 saturated heterocycles. The van der Waals surface area contributed by atoms with Gasteiger partial charge in [0, 0.05) is 28.6 Å². The van der Waals surface area contributed by atoms with E-state index in [1.807, 2.05) is 36.4 Å². The Balaban J connectivity index is 0.000000372. The minimum absolute atomic E-state index is 0.0461. The largest absolute Gasteiger partial charge is 0.478 e. The lowest BCUT2D eigenvalue weighted by Gasteiger charge is -2.15. The molecule has 1 aliphatic heterocycles. The van der Waals surface area contributed by atoms with E-state index in [1.54, 1.807) is 10.9 Å². The van der Waals surface area contributed by atoms with Crippen LogP contribution in [-0.4, -0.2) is 49.7 Å². The van der Waals surface area contributed by atoms with Crippen LogP contribution in [0.1, 0.15) is 18.4 Å². The topological polar surface area (TPSA) is 113 Å². The van der Waals surface area contributed by atoms with E-state index in [0.717, 1.165) is 33.6 Å². The van der Waals surface area contributed by atoms with Gasteiger partial charge in [0.2, 0.25) is 0 Å². The summed E-state index contributed by atoms with van der Waals surface area (Å²) in [5.41, 5.74) is 3.87. The van der Waals surface area contributed by atoms with E-state index in [2.05, 4.69) is 40.2 Å². The standard InChI is InChI=1S/C27H22ClN3OS.C4H4O4/c28-22-8-5-19(6-9-22)25-15-24-26(33-25)27(32)31(17-29-24)23-10-7-20-13-18(3-4-21(20)14-23)16-30-11-1-2-12-30;5-3(6)1-2-4(7)8/h3-10,13-15,17H,1-2,11-12,16H2;1-2H,(H,5,6)(H,7,8). The maximum Gasteiger partial charge on any atom is 0.328 e. The summed E-state index contributed by atoms with van der Waals surface area (Å²) in [5.74, 6) is -2.51. The first-order chi connectivity index (χ1) is 19.8. The third kappa shape index (κ3) is 6.89. The highest BCUT2D eigenvalue weighted by Gasteiger charge is 2.14. The van der Waals surface area contributed by atoms with Crippen molar-refractivity contribution >= 4 is 55.9 Å². The van der Waals surface area contributed by atoms with E-state index >= 15 is 0 Å². The average Bonchev–Trinajstić information content (AvgIpc) is 3.63. The SMILES string of the molecule is O=C(O)C=CC(=O)O.O=c1c2sc(-c3ccc(Cl)cc3)cc2ncn1-c1ccc2cc(CN3CCCC3)ccc2c1. The van der Waals surface area contributed by atoms with E-state index in [4.69, 9.17) is 21.8 Å². The van der Waals surface area contributed by atoms with Gasteiger partial charge in [-0.25, -0.2) is 14.6 Å². The lowest BCUT2D eigenvalue weighted by molar-refractivity contribution is -0.134. The van der Waals surface area contributed by atoms with Gasteiger partial charge in [-0.3, -0.25) is 14.3 Å². The second-order valence-electron chi connectivity index (χ2n) is 9.61. The lowest BCUT2D eigenvalue weighted by Crippen LogP contribution is -2.18. The van der Waals surface area contributed by atoms with Crippen molar-refractivity contribution in [3.8, 4) is 16.1 Å². The monoisotopic (exact) mass is 587 g/mol. The van der Waals surface area contributed by atoms with E-state index in [0.29, 0.717) is 21.9 Å². The van der Waals surface area contributed by atoms with Gasteiger partial charge in [-0.15, -0.1) is 11.3 Å². The number of fused-ring (bicyclic) bond motifs is 2. The van der Waals surface area contributed by atoms with Crippen molar-refractivity contribution < 1.29 is 19.8 Å². The zero-order valence-electron chi connectivity index (χ0n) is 21.9. The molecule has 41 heavy (non-hydrogen) atoms. The highest BCUT2D eigenvalue weighted by atomic mass is 35.5. The van der Waals surface area contributed by atoms with Crippen LogP contribution < -0.4 is 5.56 Å². The molecule has 0 amide bonds. The zero-order valence-corrected chi connectivity index (χ0v) is 23.4. The van der Waals surface area contributed by atoms with Gasteiger partial charge in [0.25, 0.3) is 5.56 Å². The van der Waals surface area contributed by atoms with Crippen molar-refractivity contribution in [2.75, 3.05) is 13.1 Å². The molecular weight excluding hydrogens is 562 g/mol. The molecule has 3 aromatic carbocycles. The highest BCUT2D eigenvalue weighted by Crippen LogP contribution is 2.32. The smallest absolute Gasteiger partial charge is 0.328 e. The predicted octanol–water partition coefficient (Wildman–Crippen LogP) is 6.23. The van der Waals surface area contributed by atoms with Gasteiger partial charge < -0.3 is 10.2 Å². The van der Waals surface area contributed by atoms with E-state index in [-0.39, 0.29) is 5.56 Å². The van der Waals surface area contributed by atoms with Crippen molar-refractivity contribution in [2.24, 2.45) is 0 Å². The minimum Gasteiger partial charge on any atom is -0.478 e. The van der Waals surface area contributed by atoms with Crippen LogP contribution >= 0.6 is 22.9 Å². The number of aromatic nitrogens is 2. The van der Waals surface area contributed by atoms with E-state index < -0.39 is 11.9 Å². The molecule has 10 heteroatoms. The van der Waals surface area contributed by atoms with Crippen LogP contribution in [0, 0.1) is 0 Å². The first kappa shape index (κ1) is 28.2. The molecule has 2 N–H and O–H groups in total. The fourth-order valence-corrected chi connectivity index (χ4v) is 5.90. The molecule has 3 heterocycles. The summed E-state index contributed by atoms with van der Waals surface area (Å²) in [6, 6.07) is 22.4. The van der Waals surface area contributed by atoms with Crippen molar-refractivity contribution in [3.63, 3.8) is 0 Å². The van der Waals surface area contributed by atoms with Crippen LogP contribution in [0.3, 0.4) is 0 Å². The molecule has 0 saturated carbocycles. The number of aliphatic carboxylic acids is 2. The van der Waals surface area contributed by atoms with Gasteiger partial charge in [-0.05, 0) is 84.2 Å². The summed E-state index contributed by atoms with van der Waals surface area (Å²) in [6.07, 6.45) is 5.35. The molecule has 0 bridgehead atoms. The molecule has 0 atom stereocenters. The summed E-state index contributed by atoms with van der Waals surface area (Å²) in [4.78, 5) is 40.5. The molecule has 8 nitrogen and oxygen atoms in total. The number of benzene rings is 3. The molecule has 5 aromatic rings. The van der Waals surface area contributed by atoms with Crippen molar-refractivity contribution in [2.45, 2.75) is 19.4 Å². The number of thiophene rings is 1. The van der Waals surface area contributed by atoms with Crippen molar-refractivity contribution in [1.29, 1.82) is 0 Å². The number of hydrogen-bond acceptors (Lipinski definition) is 6. The fourth-order valence-electron chi connectivity index (χ4n) is 4.72. The quantitative estimate of drug-likeness (QED) is 0.226. The molecule has 1 fully saturated rings. The van der Waals surface area contributed by atoms with Gasteiger partial charge in [0.15, 0.2) is 0 Å². The summed E-state index contributed by atoms with van der Waals surface area (Å²) in [7, 11) is 0. The Morgan fingerprint density at radius 3 is 2.24 bits per heavy atom. The normalized spacial score (nSPS) is 13.5. The van der Waals surface area contributed by atoms with Crippen LogP contribution in [0.5, 0.6) is 0 Å². The second-order valence-corrected chi connectivity index (χ2v) is 11.1. The third-order valence-electron chi connectivity index (χ3n) is 6.71. The summed E-state index contributed by atoms with van der Waals surface area (Å²) >= 11 is 7.48. The second kappa shape index (κ2) is 12.5. The summed E-state index contributed by atoms with van der Waals surface area (Å²) in [6.45, 7) is 3.39. The number of halogens is 1. The Bertz CT molecular complexity index is 1810. The first-order valence-corrected chi connectivity index (χ1v) is 14.1. The Morgan fingerprint density at radius 1 is 0.902 bits per heavy atom. The molecule has 0 spiro atoms. The van der Waals surface area contributed by atoms with Gasteiger partial charge in [0.1, 0.15) is 11.0 Å². The van der Waals surface area contributed by atoms with Crippen LogP contribution in [0.4, 0.5) is 0 Å². The van der Waals surface area contributed by atoms with Gasteiger partial charge in [-0.2, -0.15) is 0 Å². The highest BCUT2D eigenvalue weighted by molar-refractivity contribution is 7.22. The number of carbonyl (C=O) groups is 2. The summed E-state index contributed by atoms with van der Waals surface area (Å²) < 4.78 is 2.30. The van der Waals surface area contributed by atoms with Gasteiger partial charge in [-0.1, -0.05) is 41.9 Å². The van der Waals surface area contributed by atoms with E-state index in [1.165, 1.54) is 48.2 Å². The molecule has 6 rings (SSSR count). The number of rotatable bonds is 6. The first-order valence-electron chi connectivity index (χ1n) is 12.9. The summed E-state index contributed by atoms with van der Waals surface area (Å²) in [5, 5.41) is 18.6. The van der Waals surface area contributed by atoms with Crippen molar-refractivity contribution in [1.82, 2.24) is 14.5 Å². The molecule has 0 unspecified atom stereocenters. The van der Waals surface area contributed by atoms with Gasteiger partial charge in [0.05, 0.1) is 11.2 Å². The number of likely N-dealkylation sites (tertiary alicyclic amines) is 1. The maximum absolute atomic E-state index is 13.3. The molecule has 0 aliphatic carbocycles. The van der Waals surface area contributed by atoms with Crippen LogP contribution in [0.15, 0.2) is 90.0 Å². The molecule has 2 aromatic heterocycles. The molecule has 0 radical (unpaired) electrons. The van der Waals surface area contributed by atoms with Crippen LogP contribution in [-0.2, 0) is 16.1 Å². The number of carboxylic acids is 2. The molecule has 1 aliphatic rings. The van der Waals surface area contributed by atoms with Crippen molar-refractivity contribution in [3.05, 3.63) is 106 Å². The van der Waals surface area contributed by atoms with Crippen LogP contribution in [0.2, 0.25) is 5.02 Å². The molecule has 208 valence electrons. The Labute approximate surface area is 244 Å². The average molecular weight is 588 g/mol. The Hall–Kier alpha value is -4.31. The Morgan fingerprint density at radius 2 is 1.56 bits per heavy atom. The third-order valence-corrected chi connectivity index (χ3v) is 8.12. The van der Waals surface area contributed by atoms with E-state index in [9.17, 15) is 14.4 Å². The Kier molecular flexibility index (Phi) is 8.58. The maximum atomic E-state index is 13.3. The predicted molar refractivity (Wildman–Crippen MR) is 162 cm³/mol.